The maximum absolute atomic E-state index is 11.5. The molecule has 1 rings (SSSR count). The molecule has 0 radical (unpaired) electrons. The largest absolute Gasteiger partial charge is 0.396 e. The van der Waals surface area contributed by atoms with Crippen molar-refractivity contribution in [2.45, 2.75) is 32.1 Å². The fourth-order valence-corrected chi connectivity index (χ4v) is 2.22. The zero-order valence-electron chi connectivity index (χ0n) is 10.5. The van der Waals surface area contributed by atoms with Crippen LogP contribution in [0.4, 0.5) is 0 Å². The number of rotatable bonds is 6. The molecule has 94 valence electrons. The second kappa shape index (κ2) is 6.21. The molecule has 1 aliphatic carbocycles. The first-order chi connectivity index (χ1) is 7.58. The van der Waals surface area contributed by atoms with Crippen LogP contribution in [0.5, 0.6) is 0 Å². The van der Waals surface area contributed by atoms with Crippen LogP contribution < -0.4 is 5.32 Å². The smallest absolute Gasteiger partial charge is 0.221 e. The van der Waals surface area contributed by atoms with Crippen LogP contribution in [0.2, 0.25) is 0 Å². The summed E-state index contributed by atoms with van der Waals surface area (Å²) < 4.78 is 0. The first kappa shape index (κ1) is 13.5. The van der Waals surface area contributed by atoms with Gasteiger partial charge < -0.3 is 15.3 Å². The molecule has 4 heteroatoms. The normalized spacial score (nSPS) is 19.0. The van der Waals surface area contributed by atoms with Gasteiger partial charge in [0.15, 0.2) is 0 Å². The maximum Gasteiger partial charge on any atom is 0.221 e. The van der Waals surface area contributed by atoms with E-state index in [1.807, 2.05) is 19.0 Å². The van der Waals surface area contributed by atoms with E-state index >= 15 is 0 Å². The van der Waals surface area contributed by atoms with E-state index in [4.69, 9.17) is 0 Å². The molecular formula is C12H24N2O2. The van der Waals surface area contributed by atoms with Crippen LogP contribution in [-0.2, 0) is 4.79 Å². The minimum Gasteiger partial charge on any atom is -0.396 e. The van der Waals surface area contributed by atoms with Crippen LogP contribution in [0, 0.1) is 5.41 Å². The standard InChI is InChI=1S/C12H24N2O2/c1-14(2)8-5-11(16)13-9-12(10-15)6-3-4-7-12/h15H,3-10H2,1-2H3,(H,13,16). The van der Waals surface area contributed by atoms with E-state index in [1.165, 1.54) is 12.8 Å². The fraction of sp³-hybridized carbons (Fsp3) is 0.917. The quantitative estimate of drug-likeness (QED) is 0.700. The molecule has 2 N–H and O–H groups in total. The van der Waals surface area contributed by atoms with Gasteiger partial charge in [0.2, 0.25) is 5.91 Å². The summed E-state index contributed by atoms with van der Waals surface area (Å²) in [5.74, 6) is 0.0911. The molecule has 1 saturated carbocycles. The van der Waals surface area contributed by atoms with Crippen molar-refractivity contribution in [2.24, 2.45) is 5.41 Å². The van der Waals surface area contributed by atoms with E-state index in [0.29, 0.717) is 13.0 Å². The number of aliphatic hydroxyl groups excluding tert-OH is 1. The van der Waals surface area contributed by atoms with Crippen LogP contribution in [0.3, 0.4) is 0 Å². The van der Waals surface area contributed by atoms with E-state index in [9.17, 15) is 9.90 Å². The lowest BCUT2D eigenvalue weighted by Gasteiger charge is -2.26. The highest BCUT2D eigenvalue weighted by atomic mass is 16.3. The van der Waals surface area contributed by atoms with Crippen molar-refractivity contribution in [1.29, 1.82) is 0 Å². The zero-order chi connectivity index (χ0) is 12.0. The molecule has 1 aliphatic rings. The lowest BCUT2D eigenvalue weighted by Crippen LogP contribution is -2.39. The summed E-state index contributed by atoms with van der Waals surface area (Å²) in [4.78, 5) is 13.5. The van der Waals surface area contributed by atoms with E-state index in [0.717, 1.165) is 19.4 Å². The second-order valence-electron chi connectivity index (χ2n) is 5.20. The second-order valence-corrected chi connectivity index (χ2v) is 5.20. The molecule has 0 atom stereocenters. The predicted molar refractivity (Wildman–Crippen MR) is 64.2 cm³/mol. The van der Waals surface area contributed by atoms with Gasteiger partial charge in [-0.3, -0.25) is 4.79 Å². The maximum atomic E-state index is 11.5. The first-order valence-corrected chi connectivity index (χ1v) is 6.10. The van der Waals surface area contributed by atoms with Gasteiger partial charge in [-0.2, -0.15) is 0 Å². The van der Waals surface area contributed by atoms with Crippen molar-refractivity contribution in [3.63, 3.8) is 0 Å². The van der Waals surface area contributed by atoms with Gasteiger partial charge in [0.1, 0.15) is 0 Å². The Balaban J connectivity index is 2.24. The van der Waals surface area contributed by atoms with Gasteiger partial charge >= 0.3 is 0 Å². The van der Waals surface area contributed by atoms with Gasteiger partial charge in [-0.25, -0.2) is 0 Å². The number of hydrogen-bond acceptors (Lipinski definition) is 3. The molecule has 0 aromatic carbocycles. The van der Waals surface area contributed by atoms with Gasteiger partial charge in [0, 0.05) is 24.9 Å². The Bertz CT molecular complexity index is 223. The lowest BCUT2D eigenvalue weighted by molar-refractivity contribution is -0.122. The number of nitrogens with one attached hydrogen (secondary N) is 1. The zero-order valence-corrected chi connectivity index (χ0v) is 10.5. The number of nitrogens with zero attached hydrogens (tertiary/aromatic N) is 1. The summed E-state index contributed by atoms with van der Waals surface area (Å²) in [5.41, 5.74) is -0.0340. The third-order valence-electron chi connectivity index (χ3n) is 3.45. The molecule has 0 bridgehead atoms. The molecule has 1 amide bonds. The predicted octanol–water partition coefficient (Wildman–Crippen LogP) is 0.607. The van der Waals surface area contributed by atoms with E-state index in [2.05, 4.69) is 5.32 Å². The highest BCUT2D eigenvalue weighted by molar-refractivity contribution is 5.76. The van der Waals surface area contributed by atoms with Crippen LogP contribution in [0.1, 0.15) is 32.1 Å². The Morgan fingerprint density at radius 1 is 1.38 bits per heavy atom. The van der Waals surface area contributed by atoms with Crippen LogP contribution in [0.15, 0.2) is 0 Å². The molecule has 4 nitrogen and oxygen atoms in total. The summed E-state index contributed by atoms with van der Waals surface area (Å²) in [7, 11) is 3.92. The minimum absolute atomic E-state index is 0.0340. The molecule has 0 aromatic rings. The summed E-state index contributed by atoms with van der Waals surface area (Å²) in [5, 5.41) is 12.3. The van der Waals surface area contributed by atoms with Crippen molar-refractivity contribution in [2.75, 3.05) is 33.8 Å². The SMILES string of the molecule is CN(C)CCC(=O)NCC1(CO)CCCC1. The summed E-state index contributed by atoms with van der Waals surface area (Å²) >= 11 is 0. The Morgan fingerprint density at radius 2 is 2.00 bits per heavy atom. The van der Waals surface area contributed by atoms with Crippen molar-refractivity contribution >= 4 is 5.91 Å². The first-order valence-electron chi connectivity index (χ1n) is 6.10. The average molecular weight is 228 g/mol. The van der Waals surface area contributed by atoms with Gasteiger partial charge in [0.05, 0.1) is 6.61 Å². The minimum atomic E-state index is -0.0340. The van der Waals surface area contributed by atoms with Crippen molar-refractivity contribution < 1.29 is 9.90 Å². The molecule has 0 saturated heterocycles. The summed E-state index contributed by atoms with van der Waals surface area (Å²) in [6.45, 7) is 1.61. The third kappa shape index (κ3) is 4.10. The van der Waals surface area contributed by atoms with Crippen LogP contribution in [0.25, 0.3) is 0 Å². The molecular weight excluding hydrogens is 204 g/mol. The number of amides is 1. The fourth-order valence-electron chi connectivity index (χ4n) is 2.22. The monoisotopic (exact) mass is 228 g/mol. The average Bonchev–Trinajstić information content (AvgIpc) is 2.73. The van der Waals surface area contributed by atoms with Gasteiger partial charge in [-0.1, -0.05) is 12.8 Å². The molecule has 0 unspecified atom stereocenters. The highest BCUT2D eigenvalue weighted by Crippen LogP contribution is 2.36. The molecule has 16 heavy (non-hydrogen) atoms. The topological polar surface area (TPSA) is 52.6 Å². The molecule has 0 aliphatic heterocycles. The Morgan fingerprint density at radius 3 is 2.50 bits per heavy atom. The summed E-state index contributed by atoms with van der Waals surface area (Å²) in [6, 6.07) is 0. The van der Waals surface area contributed by atoms with Gasteiger partial charge in [-0.15, -0.1) is 0 Å². The Labute approximate surface area is 98.0 Å². The Hall–Kier alpha value is -0.610. The number of carbonyl (C=O) groups is 1. The third-order valence-corrected chi connectivity index (χ3v) is 3.45. The molecule has 0 spiro atoms. The number of carbonyl (C=O) groups excluding carboxylic acids is 1. The van der Waals surface area contributed by atoms with Crippen molar-refractivity contribution in [3.8, 4) is 0 Å². The number of aliphatic hydroxyl groups is 1. The van der Waals surface area contributed by atoms with Crippen LogP contribution in [-0.4, -0.2) is 49.7 Å². The van der Waals surface area contributed by atoms with Crippen LogP contribution >= 0.6 is 0 Å². The number of hydrogen-bond donors (Lipinski definition) is 2. The molecule has 0 heterocycles. The molecule has 0 aromatic heterocycles. The van der Waals surface area contributed by atoms with E-state index < -0.39 is 0 Å². The van der Waals surface area contributed by atoms with Crippen molar-refractivity contribution in [1.82, 2.24) is 10.2 Å². The Kier molecular flexibility index (Phi) is 5.22. The van der Waals surface area contributed by atoms with Gasteiger partial charge in [-0.05, 0) is 26.9 Å². The van der Waals surface area contributed by atoms with Gasteiger partial charge in [0.25, 0.3) is 0 Å². The van der Waals surface area contributed by atoms with E-state index in [-0.39, 0.29) is 17.9 Å². The lowest BCUT2D eigenvalue weighted by atomic mass is 9.87. The molecule has 1 fully saturated rings. The highest BCUT2D eigenvalue weighted by Gasteiger charge is 2.33. The van der Waals surface area contributed by atoms with Crippen molar-refractivity contribution in [3.05, 3.63) is 0 Å². The van der Waals surface area contributed by atoms with E-state index in [1.54, 1.807) is 0 Å². The summed E-state index contributed by atoms with van der Waals surface area (Å²) in [6.07, 6.45) is 4.96.